The number of carbonyl (C=O) groups is 1. The first-order chi connectivity index (χ1) is 10.4. The molecular formula is C20H25NO. The molecule has 0 aliphatic heterocycles. The van der Waals surface area contributed by atoms with Gasteiger partial charge in [0.2, 0.25) is 0 Å². The van der Waals surface area contributed by atoms with Crippen LogP contribution in [0.1, 0.15) is 66.6 Å². The Bertz CT molecular complexity index is 645. The van der Waals surface area contributed by atoms with Crippen molar-refractivity contribution in [1.29, 1.82) is 0 Å². The number of anilines is 1. The van der Waals surface area contributed by atoms with E-state index in [-0.39, 0.29) is 5.91 Å². The molecule has 0 saturated carbocycles. The number of nitrogens with one attached hydrogen (secondary N) is 1. The molecule has 0 saturated heterocycles. The smallest absolute Gasteiger partial charge is 0.255 e. The van der Waals surface area contributed by atoms with Gasteiger partial charge in [0.05, 0.1) is 0 Å². The minimum Gasteiger partial charge on any atom is -0.321 e. The molecule has 2 aromatic carbocycles. The first-order valence-electron chi connectivity index (χ1n) is 7.91. The molecule has 116 valence electrons. The maximum absolute atomic E-state index is 12.7. The van der Waals surface area contributed by atoms with Crippen molar-refractivity contribution >= 4 is 11.6 Å². The van der Waals surface area contributed by atoms with Crippen LogP contribution in [0.3, 0.4) is 0 Å². The van der Waals surface area contributed by atoms with Crippen LogP contribution in [-0.4, -0.2) is 5.91 Å². The van der Waals surface area contributed by atoms with Gasteiger partial charge in [-0.25, -0.2) is 0 Å². The van der Waals surface area contributed by atoms with Crippen molar-refractivity contribution in [2.24, 2.45) is 0 Å². The standard InChI is InChI=1S/C20H25NO/c1-13(2)16-11-8-12-17(14(3)4)19(16)21-20(22)18-10-7-6-9-15(18)5/h6-14H,1-5H3,(H,21,22). The molecule has 0 aliphatic rings. The Labute approximate surface area is 133 Å². The van der Waals surface area contributed by atoms with E-state index in [1.807, 2.05) is 31.2 Å². The topological polar surface area (TPSA) is 29.1 Å². The van der Waals surface area contributed by atoms with Crippen molar-refractivity contribution in [3.05, 3.63) is 64.7 Å². The van der Waals surface area contributed by atoms with Crippen LogP contribution in [0, 0.1) is 6.92 Å². The van der Waals surface area contributed by atoms with Gasteiger partial charge in [0.15, 0.2) is 0 Å². The van der Waals surface area contributed by atoms with Gasteiger partial charge in [0.25, 0.3) is 5.91 Å². The van der Waals surface area contributed by atoms with Crippen LogP contribution in [-0.2, 0) is 0 Å². The third kappa shape index (κ3) is 3.38. The first kappa shape index (κ1) is 16.3. The second-order valence-corrected chi connectivity index (χ2v) is 6.39. The fourth-order valence-electron chi connectivity index (χ4n) is 2.70. The summed E-state index contributed by atoms with van der Waals surface area (Å²) in [4.78, 5) is 12.7. The summed E-state index contributed by atoms with van der Waals surface area (Å²) in [5.41, 5.74) is 5.07. The molecule has 2 heteroatoms. The highest BCUT2D eigenvalue weighted by Crippen LogP contribution is 2.32. The van der Waals surface area contributed by atoms with Gasteiger partial charge in [0, 0.05) is 11.3 Å². The average Bonchev–Trinajstić information content (AvgIpc) is 2.47. The van der Waals surface area contributed by atoms with Crippen LogP contribution in [0.4, 0.5) is 5.69 Å². The van der Waals surface area contributed by atoms with E-state index in [1.165, 1.54) is 11.1 Å². The predicted octanol–water partition coefficient (Wildman–Crippen LogP) is 5.49. The maximum atomic E-state index is 12.7. The first-order valence-corrected chi connectivity index (χ1v) is 7.91. The number of hydrogen-bond donors (Lipinski definition) is 1. The Morgan fingerprint density at radius 3 is 1.91 bits per heavy atom. The van der Waals surface area contributed by atoms with Crippen LogP contribution in [0.15, 0.2) is 42.5 Å². The van der Waals surface area contributed by atoms with Gasteiger partial charge in [-0.3, -0.25) is 4.79 Å². The number of carbonyl (C=O) groups excluding carboxylic acids is 1. The fourth-order valence-corrected chi connectivity index (χ4v) is 2.70. The van der Waals surface area contributed by atoms with Gasteiger partial charge in [-0.05, 0) is 41.5 Å². The summed E-state index contributed by atoms with van der Waals surface area (Å²) in [5.74, 6) is 0.699. The van der Waals surface area contributed by atoms with Gasteiger partial charge < -0.3 is 5.32 Å². The van der Waals surface area contributed by atoms with E-state index in [1.54, 1.807) is 0 Å². The number of aryl methyl sites for hydroxylation is 1. The highest BCUT2D eigenvalue weighted by molar-refractivity contribution is 6.06. The number of rotatable bonds is 4. The van der Waals surface area contributed by atoms with Crippen LogP contribution in [0.2, 0.25) is 0 Å². The monoisotopic (exact) mass is 295 g/mol. The quantitative estimate of drug-likeness (QED) is 0.793. The van der Waals surface area contributed by atoms with Crippen molar-refractivity contribution in [2.45, 2.75) is 46.5 Å². The second-order valence-electron chi connectivity index (χ2n) is 6.39. The Hall–Kier alpha value is -2.09. The lowest BCUT2D eigenvalue weighted by atomic mass is 9.92. The average molecular weight is 295 g/mol. The summed E-state index contributed by atoms with van der Waals surface area (Å²) >= 11 is 0. The number of amides is 1. The van der Waals surface area contributed by atoms with Crippen molar-refractivity contribution < 1.29 is 4.79 Å². The maximum Gasteiger partial charge on any atom is 0.255 e. The Morgan fingerprint density at radius 2 is 1.41 bits per heavy atom. The molecule has 0 spiro atoms. The lowest BCUT2D eigenvalue weighted by Crippen LogP contribution is -2.16. The van der Waals surface area contributed by atoms with Crippen LogP contribution in [0.25, 0.3) is 0 Å². The van der Waals surface area contributed by atoms with E-state index in [4.69, 9.17) is 0 Å². The molecule has 0 aliphatic carbocycles. The Morgan fingerprint density at radius 1 is 0.864 bits per heavy atom. The van der Waals surface area contributed by atoms with Crippen molar-refractivity contribution in [3.63, 3.8) is 0 Å². The number of benzene rings is 2. The lowest BCUT2D eigenvalue weighted by molar-refractivity contribution is 0.102. The van der Waals surface area contributed by atoms with Crippen LogP contribution in [0.5, 0.6) is 0 Å². The number of para-hydroxylation sites is 1. The lowest BCUT2D eigenvalue weighted by Gasteiger charge is -2.20. The molecule has 0 unspecified atom stereocenters. The van der Waals surface area contributed by atoms with Gasteiger partial charge in [-0.1, -0.05) is 64.1 Å². The minimum atomic E-state index is -0.0342. The fraction of sp³-hybridized carbons (Fsp3) is 0.350. The van der Waals surface area contributed by atoms with Gasteiger partial charge >= 0.3 is 0 Å². The SMILES string of the molecule is Cc1ccccc1C(=O)Nc1c(C(C)C)cccc1C(C)C. The van der Waals surface area contributed by atoms with E-state index < -0.39 is 0 Å². The largest absolute Gasteiger partial charge is 0.321 e. The molecule has 1 amide bonds. The van der Waals surface area contributed by atoms with E-state index in [2.05, 4.69) is 51.2 Å². The van der Waals surface area contributed by atoms with E-state index >= 15 is 0 Å². The molecule has 0 fully saturated rings. The van der Waals surface area contributed by atoms with E-state index in [0.29, 0.717) is 11.8 Å². The van der Waals surface area contributed by atoms with Crippen molar-refractivity contribution in [1.82, 2.24) is 0 Å². The van der Waals surface area contributed by atoms with Crippen LogP contribution < -0.4 is 5.32 Å². The molecule has 2 nitrogen and oxygen atoms in total. The minimum absolute atomic E-state index is 0.0342. The van der Waals surface area contributed by atoms with Gasteiger partial charge in [-0.2, -0.15) is 0 Å². The molecule has 0 radical (unpaired) electrons. The molecule has 0 heterocycles. The molecule has 2 rings (SSSR count). The zero-order valence-electron chi connectivity index (χ0n) is 14.1. The van der Waals surface area contributed by atoms with E-state index in [0.717, 1.165) is 16.8 Å². The zero-order chi connectivity index (χ0) is 16.3. The third-order valence-electron chi connectivity index (χ3n) is 4.00. The highest BCUT2D eigenvalue weighted by Gasteiger charge is 2.17. The molecule has 22 heavy (non-hydrogen) atoms. The summed E-state index contributed by atoms with van der Waals surface area (Å²) in [6.45, 7) is 10.6. The second kappa shape index (κ2) is 6.78. The van der Waals surface area contributed by atoms with Crippen LogP contribution >= 0.6 is 0 Å². The predicted molar refractivity (Wildman–Crippen MR) is 93.8 cm³/mol. The Kier molecular flexibility index (Phi) is 5.02. The number of hydrogen-bond acceptors (Lipinski definition) is 1. The molecule has 0 aromatic heterocycles. The third-order valence-corrected chi connectivity index (χ3v) is 4.00. The molecule has 0 atom stereocenters. The van der Waals surface area contributed by atoms with E-state index in [9.17, 15) is 4.79 Å². The summed E-state index contributed by atoms with van der Waals surface area (Å²) in [5, 5.41) is 3.16. The van der Waals surface area contributed by atoms with Gasteiger partial charge in [0.1, 0.15) is 0 Å². The summed E-state index contributed by atoms with van der Waals surface area (Å²) < 4.78 is 0. The van der Waals surface area contributed by atoms with Crippen molar-refractivity contribution in [3.8, 4) is 0 Å². The summed E-state index contributed by atoms with van der Waals surface area (Å²) in [7, 11) is 0. The molecular weight excluding hydrogens is 270 g/mol. The summed E-state index contributed by atoms with van der Waals surface area (Å²) in [6.07, 6.45) is 0. The molecule has 1 N–H and O–H groups in total. The molecule has 0 bridgehead atoms. The van der Waals surface area contributed by atoms with Gasteiger partial charge in [-0.15, -0.1) is 0 Å². The Balaban J connectivity index is 2.44. The van der Waals surface area contributed by atoms with Crippen molar-refractivity contribution in [2.75, 3.05) is 5.32 Å². The zero-order valence-corrected chi connectivity index (χ0v) is 14.1. The summed E-state index contributed by atoms with van der Waals surface area (Å²) in [6, 6.07) is 14.0. The normalized spacial score (nSPS) is 11.0. The highest BCUT2D eigenvalue weighted by atomic mass is 16.1. The molecule has 2 aromatic rings.